The topological polar surface area (TPSA) is 25.4 Å². The van der Waals surface area contributed by atoms with Crippen molar-refractivity contribution in [1.82, 2.24) is 9.88 Å². The van der Waals surface area contributed by atoms with Crippen molar-refractivity contribution in [3.63, 3.8) is 0 Å². The highest BCUT2D eigenvalue weighted by molar-refractivity contribution is 5.16. The number of pyridine rings is 1. The van der Waals surface area contributed by atoms with Gasteiger partial charge in [0.05, 0.1) is 6.61 Å². The molecule has 0 aromatic carbocycles. The van der Waals surface area contributed by atoms with Crippen LogP contribution in [0.1, 0.15) is 25.7 Å². The molecule has 98 valence electrons. The second-order valence-electron chi connectivity index (χ2n) is 5.71. The molecule has 0 bridgehead atoms. The molecule has 2 aliphatic rings. The molecule has 1 atom stereocenters. The van der Waals surface area contributed by atoms with Gasteiger partial charge in [0, 0.05) is 31.4 Å². The highest BCUT2D eigenvalue weighted by Gasteiger charge is 2.27. The van der Waals surface area contributed by atoms with Gasteiger partial charge in [-0.1, -0.05) is 0 Å². The van der Waals surface area contributed by atoms with Crippen molar-refractivity contribution in [2.45, 2.75) is 25.7 Å². The van der Waals surface area contributed by atoms with Gasteiger partial charge in [-0.15, -0.1) is 0 Å². The van der Waals surface area contributed by atoms with Crippen LogP contribution >= 0.6 is 0 Å². The number of piperidine rings is 1. The Balaban J connectivity index is 1.44. The summed E-state index contributed by atoms with van der Waals surface area (Å²) in [6, 6.07) is 3.87. The van der Waals surface area contributed by atoms with Crippen molar-refractivity contribution in [2.75, 3.05) is 26.2 Å². The van der Waals surface area contributed by atoms with E-state index in [0.717, 1.165) is 18.3 Å². The second kappa shape index (κ2) is 5.70. The Bertz CT molecular complexity index is 364. The van der Waals surface area contributed by atoms with Crippen LogP contribution in [-0.2, 0) is 0 Å². The monoisotopic (exact) mass is 246 g/mol. The third-order valence-corrected chi connectivity index (χ3v) is 3.95. The summed E-state index contributed by atoms with van der Waals surface area (Å²) in [4.78, 5) is 6.64. The lowest BCUT2D eigenvalue weighted by atomic mass is 9.99. The van der Waals surface area contributed by atoms with Crippen LogP contribution < -0.4 is 4.74 Å². The van der Waals surface area contributed by atoms with Crippen LogP contribution in [0.4, 0.5) is 0 Å². The van der Waals surface area contributed by atoms with Crippen LogP contribution in [0.5, 0.6) is 5.75 Å². The van der Waals surface area contributed by atoms with E-state index in [-0.39, 0.29) is 0 Å². The van der Waals surface area contributed by atoms with Crippen LogP contribution in [-0.4, -0.2) is 36.1 Å². The van der Waals surface area contributed by atoms with Crippen molar-refractivity contribution < 1.29 is 4.74 Å². The summed E-state index contributed by atoms with van der Waals surface area (Å²) in [6.45, 7) is 4.70. The van der Waals surface area contributed by atoms with E-state index in [4.69, 9.17) is 4.74 Å². The molecule has 1 unspecified atom stereocenters. The number of aromatic nitrogens is 1. The first-order valence-corrected chi connectivity index (χ1v) is 7.15. The quantitative estimate of drug-likeness (QED) is 0.798. The lowest BCUT2D eigenvalue weighted by Crippen LogP contribution is -2.38. The Morgan fingerprint density at radius 1 is 1.17 bits per heavy atom. The molecule has 1 aliphatic carbocycles. The summed E-state index contributed by atoms with van der Waals surface area (Å²) in [6.07, 6.45) is 9.12. The summed E-state index contributed by atoms with van der Waals surface area (Å²) in [5.41, 5.74) is 0. The minimum absolute atomic E-state index is 0.700. The van der Waals surface area contributed by atoms with Crippen LogP contribution in [0, 0.1) is 11.8 Å². The highest BCUT2D eigenvalue weighted by atomic mass is 16.5. The van der Waals surface area contributed by atoms with Gasteiger partial charge in [0.25, 0.3) is 0 Å². The fourth-order valence-electron chi connectivity index (χ4n) is 2.77. The fraction of sp³-hybridized carbons (Fsp3) is 0.667. The maximum Gasteiger partial charge on any atom is 0.122 e. The average molecular weight is 246 g/mol. The molecule has 1 aromatic rings. The number of likely N-dealkylation sites (tertiary alicyclic amines) is 1. The maximum atomic E-state index is 5.85. The third kappa shape index (κ3) is 3.45. The number of rotatable bonds is 5. The van der Waals surface area contributed by atoms with Crippen molar-refractivity contribution in [1.29, 1.82) is 0 Å². The van der Waals surface area contributed by atoms with E-state index in [0.29, 0.717) is 5.92 Å². The lowest BCUT2D eigenvalue weighted by Gasteiger charge is -2.32. The predicted octanol–water partition coefficient (Wildman–Crippen LogP) is 2.58. The zero-order valence-electron chi connectivity index (χ0n) is 10.9. The van der Waals surface area contributed by atoms with Gasteiger partial charge in [-0.2, -0.15) is 0 Å². The van der Waals surface area contributed by atoms with Crippen LogP contribution in [0.2, 0.25) is 0 Å². The molecule has 1 saturated heterocycles. The van der Waals surface area contributed by atoms with Gasteiger partial charge in [0.15, 0.2) is 0 Å². The summed E-state index contributed by atoms with van der Waals surface area (Å²) < 4.78 is 5.85. The Morgan fingerprint density at radius 2 is 2.00 bits per heavy atom. The Hall–Kier alpha value is -1.09. The van der Waals surface area contributed by atoms with Gasteiger partial charge < -0.3 is 9.64 Å². The van der Waals surface area contributed by atoms with E-state index in [9.17, 15) is 0 Å². The largest absolute Gasteiger partial charge is 0.493 e. The molecule has 3 nitrogen and oxygen atoms in total. The molecular weight excluding hydrogens is 224 g/mol. The normalized spacial score (nSPS) is 25.0. The second-order valence-corrected chi connectivity index (χ2v) is 5.71. The molecule has 0 spiro atoms. The predicted molar refractivity (Wildman–Crippen MR) is 71.6 cm³/mol. The van der Waals surface area contributed by atoms with Crippen LogP contribution in [0.25, 0.3) is 0 Å². The Labute approximate surface area is 109 Å². The first-order valence-electron chi connectivity index (χ1n) is 7.15. The van der Waals surface area contributed by atoms with E-state index in [2.05, 4.69) is 9.88 Å². The molecule has 0 N–H and O–H groups in total. The number of hydrogen-bond acceptors (Lipinski definition) is 3. The van der Waals surface area contributed by atoms with Gasteiger partial charge in [-0.3, -0.25) is 4.98 Å². The minimum Gasteiger partial charge on any atom is -0.493 e. The highest BCUT2D eigenvalue weighted by Crippen LogP contribution is 2.31. The first-order chi connectivity index (χ1) is 8.90. The Morgan fingerprint density at radius 3 is 2.78 bits per heavy atom. The van der Waals surface area contributed by atoms with Crippen molar-refractivity contribution in [2.24, 2.45) is 11.8 Å². The zero-order chi connectivity index (χ0) is 12.2. The summed E-state index contributed by atoms with van der Waals surface area (Å²) in [5.74, 6) is 2.65. The van der Waals surface area contributed by atoms with E-state index < -0.39 is 0 Å². The smallest absolute Gasteiger partial charge is 0.122 e. The number of ether oxygens (including phenoxy) is 1. The molecule has 18 heavy (non-hydrogen) atoms. The number of hydrogen-bond donors (Lipinski definition) is 0. The molecule has 3 heteroatoms. The van der Waals surface area contributed by atoms with E-state index in [1.165, 1.54) is 45.3 Å². The van der Waals surface area contributed by atoms with Gasteiger partial charge in [0.2, 0.25) is 0 Å². The van der Waals surface area contributed by atoms with Gasteiger partial charge >= 0.3 is 0 Å². The van der Waals surface area contributed by atoms with E-state index >= 15 is 0 Å². The van der Waals surface area contributed by atoms with Gasteiger partial charge in [-0.05, 0) is 50.3 Å². The fourth-order valence-corrected chi connectivity index (χ4v) is 2.77. The molecule has 2 fully saturated rings. The molecular formula is C15H22N2O. The standard InChI is InChI=1S/C15H22N2O/c1-2-14(11-17(9-1)10-13-3-4-13)12-18-15-5-7-16-8-6-15/h5-8,13-14H,1-4,9-12H2. The maximum absolute atomic E-state index is 5.85. The minimum atomic E-state index is 0.700. The van der Waals surface area contributed by atoms with E-state index in [1.54, 1.807) is 12.4 Å². The van der Waals surface area contributed by atoms with Gasteiger partial charge in [0.1, 0.15) is 5.75 Å². The molecule has 2 heterocycles. The number of nitrogens with zero attached hydrogens (tertiary/aromatic N) is 2. The van der Waals surface area contributed by atoms with Crippen molar-refractivity contribution in [3.8, 4) is 5.75 Å². The van der Waals surface area contributed by atoms with E-state index in [1.807, 2.05) is 12.1 Å². The summed E-state index contributed by atoms with van der Waals surface area (Å²) in [7, 11) is 0. The van der Waals surface area contributed by atoms with Crippen LogP contribution in [0.15, 0.2) is 24.5 Å². The van der Waals surface area contributed by atoms with Crippen molar-refractivity contribution in [3.05, 3.63) is 24.5 Å². The summed E-state index contributed by atoms with van der Waals surface area (Å²) >= 11 is 0. The lowest BCUT2D eigenvalue weighted by molar-refractivity contribution is 0.126. The summed E-state index contributed by atoms with van der Waals surface area (Å²) in [5, 5.41) is 0. The third-order valence-electron chi connectivity index (χ3n) is 3.95. The van der Waals surface area contributed by atoms with Crippen LogP contribution in [0.3, 0.4) is 0 Å². The molecule has 0 radical (unpaired) electrons. The zero-order valence-corrected chi connectivity index (χ0v) is 10.9. The molecule has 0 amide bonds. The average Bonchev–Trinajstić information content (AvgIpc) is 3.22. The first kappa shape index (κ1) is 12.0. The molecule has 1 aliphatic heterocycles. The van der Waals surface area contributed by atoms with Gasteiger partial charge in [-0.25, -0.2) is 0 Å². The Kier molecular flexibility index (Phi) is 3.79. The SMILES string of the molecule is c1cc(OCC2CCCN(CC3CC3)C2)ccn1. The molecule has 3 rings (SSSR count). The molecule has 1 saturated carbocycles. The van der Waals surface area contributed by atoms with Crippen molar-refractivity contribution >= 4 is 0 Å². The molecule has 1 aromatic heterocycles.